The van der Waals surface area contributed by atoms with Crippen LogP contribution in [-0.4, -0.2) is 30.9 Å². The Morgan fingerprint density at radius 3 is 2.33 bits per heavy atom. The Labute approximate surface area is 120 Å². The molecule has 0 aliphatic carbocycles. The van der Waals surface area contributed by atoms with Gasteiger partial charge in [0.05, 0.1) is 11.1 Å². The number of hydrogen-bond donors (Lipinski definition) is 1. The third kappa shape index (κ3) is 4.17. The zero-order chi connectivity index (χ0) is 16.4. The Morgan fingerprint density at radius 2 is 1.86 bits per heavy atom. The first-order chi connectivity index (χ1) is 9.49. The highest BCUT2D eigenvalue weighted by atomic mass is 19.4. The number of alkyl halides is 3. The van der Waals surface area contributed by atoms with Crippen molar-refractivity contribution in [3.8, 4) is 0 Å². The molecule has 1 aromatic carbocycles. The van der Waals surface area contributed by atoms with E-state index in [9.17, 15) is 22.4 Å². The summed E-state index contributed by atoms with van der Waals surface area (Å²) < 4.78 is 51.8. The Morgan fingerprint density at radius 1 is 1.29 bits per heavy atom. The maximum absolute atomic E-state index is 13.9. The van der Waals surface area contributed by atoms with Gasteiger partial charge in [0.15, 0.2) is 0 Å². The van der Waals surface area contributed by atoms with Gasteiger partial charge in [-0.05, 0) is 24.1 Å². The van der Waals surface area contributed by atoms with Gasteiger partial charge >= 0.3 is 6.18 Å². The van der Waals surface area contributed by atoms with E-state index in [1.165, 1.54) is 11.9 Å². The largest absolute Gasteiger partial charge is 0.419 e. The molecule has 118 valence electrons. The molecule has 0 bridgehead atoms. The van der Waals surface area contributed by atoms with E-state index in [-0.39, 0.29) is 13.1 Å². The summed E-state index contributed by atoms with van der Waals surface area (Å²) in [5.74, 6) is -2.35. The van der Waals surface area contributed by atoms with Gasteiger partial charge in [-0.2, -0.15) is 13.2 Å². The highest BCUT2D eigenvalue weighted by molar-refractivity contribution is 5.94. The standard InChI is InChI=1S/C14H18F4N2O/c1-13(2,7-19)8-20(3)12(21)9-5-4-6-10(11(9)15)14(16,17)18/h4-6H,7-8,19H2,1-3H3. The van der Waals surface area contributed by atoms with Crippen LogP contribution in [-0.2, 0) is 6.18 Å². The maximum Gasteiger partial charge on any atom is 0.419 e. The van der Waals surface area contributed by atoms with E-state index >= 15 is 0 Å². The van der Waals surface area contributed by atoms with Gasteiger partial charge in [0.1, 0.15) is 5.82 Å². The lowest BCUT2D eigenvalue weighted by Crippen LogP contribution is -2.40. The molecule has 0 saturated heterocycles. The molecule has 0 aliphatic rings. The highest BCUT2D eigenvalue weighted by Crippen LogP contribution is 2.32. The van der Waals surface area contributed by atoms with E-state index in [2.05, 4.69) is 0 Å². The molecular weight excluding hydrogens is 288 g/mol. The van der Waals surface area contributed by atoms with Gasteiger partial charge in [-0.1, -0.05) is 19.9 Å². The van der Waals surface area contributed by atoms with Crippen molar-refractivity contribution in [1.29, 1.82) is 0 Å². The van der Waals surface area contributed by atoms with Crippen LogP contribution in [0.5, 0.6) is 0 Å². The van der Waals surface area contributed by atoms with Crippen molar-refractivity contribution in [3.63, 3.8) is 0 Å². The van der Waals surface area contributed by atoms with E-state index in [0.29, 0.717) is 6.07 Å². The molecule has 0 radical (unpaired) electrons. The first-order valence-corrected chi connectivity index (χ1v) is 6.31. The van der Waals surface area contributed by atoms with Gasteiger partial charge in [0, 0.05) is 13.6 Å². The van der Waals surface area contributed by atoms with E-state index in [4.69, 9.17) is 5.73 Å². The van der Waals surface area contributed by atoms with Gasteiger partial charge in [-0.3, -0.25) is 4.79 Å². The number of nitrogens with zero attached hydrogens (tertiary/aromatic N) is 1. The number of rotatable bonds is 4. The summed E-state index contributed by atoms with van der Waals surface area (Å²) >= 11 is 0. The highest BCUT2D eigenvalue weighted by Gasteiger charge is 2.36. The maximum atomic E-state index is 13.9. The van der Waals surface area contributed by atoms with Crippen molar-refractivity contribution in [2.45, 2.75) is 20.0 Å². The average Bonchev–Trinajstić information content (AvgIpc) is 2.36. The van der Waals surface area contributed by atoms with E-state index in [1.807, 2.05) is 0 Å². The molecule has 0 aliphatic heterocycles. The molecule has 0 heterocycles. The molecule has 2 N–H and O–H groups in total. The van der Waals surface area contributed by atoms with Crippen LogP contribution in [0, 0.1) is 11.2 Å². The van der Waals surface area contributed by atoms with Crippen molar-refractivity contribution >= 4 is 5.91 Å². The second-order valence-electron chi connectivity index (χ2n) is 5.69. The summed E-state index contributed by atoms with van der Waals surface area (Å²) in [7, 11) is 1.40. The van der Waals surface area contributed by atoms with Crippen LogP contribution >= 0.6 is 0 Å². The lowest BCUT2D eigenvalue weighted by atomic mass is 9.93. The molecule has 1 rings (SSSR count). The number of nitrogens with two attached hydrogens (primary N) is 1. The Hall–Kier alpha value is -1.63. The van der Waals surface area contributed by atoms with Gasteiger partial charge < -0.3 is 10.6 Å². The average molecular weight is 306 g/mol. The fourth-order valence-electron chi connectivity index (χ4n) is 1.90. The zero-order valence-electron chi connectivity index (χ0n) is 12.1. The first kappa shape index (κ1) is 17.4. The lowest BCUT2D eigenvalue weighted by Gasteiger charge is -2.29. The number of benzene rings is 1. The van der Waals surface area contributed by atoms with Gasteiger partial charge in [-0.15, -0.1) is 0 Å². The third-order valence-corrected chi connectivity index (χ3v) is 3.10. The van der Waals surface area contributed by atoms with Crippen LogP contribution in [0.25, 0.3) is 0 Å². The minimum Gasteiger partial charge on any atom is -0.341 e. The third-order valence-electron chi connectivity index (χ3n) is 3.10. The Bertz CT molecular complexity index is 526. The van der Waals surface area contributed by atoms with Crippen molar-refractivity contribution in [2.75, 3.05) is 20.1 Å². The minimum absolute atomic E-state index is 0.206. The molecule has 0 atom stereocenters. The number of amides is 1. The quantitative estimate of drug-likeness (QED) is 0.869. The topological polar surface area (TPSA) is 46.3 Å². The number of hydrogen-bond acceptors (Lipinski definition) is 2. The van der Waals surface area contributed by atoms with Crippen LogP contribution < -0.4 is 5.73 Å². The van der Waals surface area contributed by atoms with Crippen molar-refractivity contribution < 1.29 is 22.4 Å². The predicted octanol–water partition coefficient (Wildman–Crippen LogP) is 2.90. The van der Waals surface area contributed by atoms with E-state index in [1.54, 1.807) is 13.8 Å². The molecular formula is C14H18F4N2O. The monoisotopic (exact) mass is 306 g/mol. The van der Waals surface area contributed by atoms with Crippen LogP contribution in [0.1, 0.15) is 29.8 Å². The van der Waals surface area contributed by atoms with Crippen molar-refractivity contribution in [2.24, 2.45) is 11.1 Å². The summed E-state index contributed by atoms with van der Waals surface area (Å²) in [6.45, 7) is 4.10. The molecule has 0 unspecified atom stereocenters. The summed E-state index contributed by atoms with van der Waals surface area (Å²) in [5, 5.41) is 0. The van der Waals surface area contributed by atoms with Crippen LogP contribution in [0.2, 0.25) is 0 Å². The molecule has 1 amide bonds. The Kier molecular flexibility index (Phi) is 4.99. The fraction of sp³-hybridized carbons (Fsp3) is 0.500. The first-order valence-electron chi connectivity index (χ1n) is 6.31. The molecule has 0 saturated carbocycles. The number of carbonyl (C=O) groups excluding carboxylic acids is 1. The van der Waals surface area contributed by atoms with Crippen LogP contribution in [0.15, 0.2) is 18.2 Å². The van der Waals surface area contributed by atoms with Crippen molar-refractivity contribution in [1.82, 2.24) is 4.90 Å². The second kappa shape index (κ2) is 6.01. The fourth-order valence-corrected chi connectivity index (χ4v) is 1.90. The van der Waals surface area contributed by atoms with Gasteiger partial charge in [0.25, 0.3) is 5.91 Å². The summed E-state index contributed by atoms with van der Waals surface area (Å²) in [6, 6.07) is 2.66. The van der Waals surface area contributed by atoms with E-state index < -0.39 is 34.4 Å². The number of carbonyl (C=O) groups is 1. The predicted molar refractivity (Wildman–Crippen MR) is 71.2 cm³/mol. The molecule has 7 heteroatoms. The Balaban J connectivity index is 3.09. The normalized spacial score (nSPS) is 12.4. The summed E-state index contributed by atoms with van der Waals surface area (Å²) in [5.41, 5.74) is 3.09. The zero-order valence-corrected chi connectivity index (χ0v) is 12.1. The summed E-state index contributed by atoms with van der Waals surface area (Å²) in [6.07, 6.45) is -4.84. The van der Waals surface area contributed by atoms with E-state index in [0.717, 1.165) is 12.1 Å². The minimum atomic E-state index is -4.84. The molecule has 0 aromatic heterocycles. The van der Waals surface area contributed by atoms with Crippen LogP contribution in [0.3, 0.4) is 0 Å². The second-order valence-corrected chi connectivity index (χ2v) is 5.69. The molecule has 1 aromatic rings. The van der Waals surface area contributed by atoms with Crippen molar-refractivity contribution in [3.05, 3.63) is 35.1 Å². The van der Waals surface area contributed by atoms with Crippen LogP contribution in [0.4, 0.5) is 17.6 Å². The SMILES string of the molecule is CN(CC(C)(C)CN)C(=O)c1cccc(C(F)(F)F)c1F. The van der Waals surface area contributed by atoms with Gasteiger partial charge in [-0.25, -0.2) is 4.39 Å². The summed E-state index contributed by atoms with van der Waals surface area (Å²) in [4.78, 5) is 13.3. The lowest BCUT2D eigenvalue weighted by molar-refractivity contribution is -0.140. The van der Waals surface area contributed by atoms with Gasteiger partial charge in [0.2, 0.25) is 0 Å². The molecule has 0 fully saturated rings. The number of halogens is 4. The molecule has 0 spiro atoms. The molecule has 21 heavy (non-hydrogen) atoms. The smallest absolute Gasteiger partial charge is 0.341 e. The molecule has 3 nitrogen and oxygen atoms in total.